The third kappa shape index (κ3) is 4.35. The summed E-state index contributed by atoms with van der Waals surface area (Å²) >= 11 is 1.44. The molecule has 1 saturated heterocycles. The van der Waals surface area contributed by atoms with Gasteiger partial charge in [-0.1, -0.05) is 0 Å². The normalized spacial score (nSPS) is 17.6. The molecule has 25 heavy (non-hydrogen) atoms. The van der Waals surface area contributed by atoms with Crippen LogP contribution in [0.4, 0.5) is 14.5 Å². The molecule has 134 valence electrons. The molecular weight excluding hydrogens is 346 g/mol. The first-order valence-corrected chi connectivity index (χ1v) is 8.97. The van der Waals surface area contributed by atoms with Crippen molar-refractivity contribution in [3.05, 3.63) is 51.7 Å². The molecule has 1 amide bonds. The molecular formula is C18H20F2N2O2S. The zero-order chi connectivity index (χ0) is 17.8. The molecule has 0 aliphatic carbocycles. The second kappa shape index (κ2) is 7.93. The molecule has 1 aromatic carbocycles. The average molecular weight is 366 g/mol. The lowest BCUT2D eigenvalue weighted by molar-refractivity contribution is 0.0719. The molecule has 1 aliphatic heterocycles. The SMILES string of the molecule is COCc1ccc(C(=O)N2CCC[C@H](Nc3ccc(F)c(F)c3)C2)s1. The second-order valence-electron chi connectivity index (χ2n) is 6.06. The van der Waals surface area contributed by atoms with Crippen molar-refractivity contribution in [3.63, 3.8) is 0 Å². The van der Waals surface area contributed by atoms with Crippen LogP contribution in [0.1, 0.15) is 27.4 Å². The number of rotatable bonds is 5. The first-order valence-electron chi connectivity index (χ1n) is 8.15. The lowest BCUT2D eigenvalue weighted by atomic mass is 10.0. The Bertz CT molecular complexity index is 750. The molecule has 0 radical (unpaired) electrons. The van der Waals surface area contributed by atoms with E-state index in [2.05, 4.69) is 5.32 Å². The molecule has 0 saturated carbocycles. The summed E-state index contributed by atoms with van der Waals surface area (Å²) in [6, 6.07) is 7.51. The maximum atomic E-state index is 13.3. The predicted octanol–water partition coefficient (Wildman–Crippen LogP) is 3.89. The topological polar surface area (TPSA) is 41.6 Å². The zero-order valence-electron chi connectivity index (χ0n) is 13.9. The van der Waals surface area contributed by atoms with Gasteiger partial charge in [0.1, 0.15) is 0 Å². The zero-order valence-corrected chi connectivity index (χ0v) is 14.7. The molecule has 1 fully saturated rings. The first kappa shape index (κ1) is 17.8. The number of nitrogens with one attached hydrogen (secondary N) is 1. The predicted molar refractivity (Wildman–Crippen MR) is 93.9 cm³/mol. The molecule has 7 heteroatoms. The summed E-state index contributed by atoms with van der Waals surface area (Å²) in [6.07, 6.45) is 1.74. The fourth-order valence-electron chi connectivity index (χ4n) is 2.97. The van der Waals surface area contributed by atoms with Gasteiger partial charge in [0, 0.05) is 42.9 Å². The van der Waals surface area contributed by atoms with E-state index < -0.39 is 11.6 Å². The Balaban J connectivity index is 1.63. The Labute approximate surface area is 149 Å². The summed E-state index contributed by atoms with van der Waals surface area (Å²) in [5.41, 5.74) is 0.525. The number of anilines is 1. The Hall–Kier alpha value is -1.99. The van der Waals surface area contributed by atoms with E-state index in [1.807, 2.05) is 17.0 Å². The van der Waals surface area contributed by atoms with E-state index >= 15 is 0 Å². The van der Waals surface area contributed by atoms with Crippen molar-refractivity contribution in [1.29, 1.82) is 0 Å². The van der Waals surface area contributed by atoms with E-state index in [1.165, 1.54) is 17.4 Å². The average Bonchev–Trinajstić information content (AvgIpc) is 3.07. The Kier molecular flexibility index (Phi) is 5.65. The molecule has 0 bridgehead atoms. The number of thiophene rings is 1. The number of halogens is 2. The van der Waals surface area contributed by atoms with E-state index in [9.17, 15) is 13.6 Å². The van der Waals surface area contributed by atoms with Crippen molar-refractivity contribution >= 4 is 22.9 Å². The minimum absolute atomic E-state index is 0.00383. The smallest absolute Gasteiger partial charge is 0.263 e. The third-order valence-corrected chi connectivity index (χ3v) is 5.20. The van der Waals surface area contributed by atoms with Crippen LogP contribution >= 0.6 is 11.3 Å². The number of amides is 1. The minimum Gasteiger partial charge on any atom is -0.380 e. The van der Waals surface area contributed by atoms with Gasteiger partial charge in [-0.15, -0.1) is 11.3 Å². The third-order valence-electron chi connectivity index (χ3n) is 4.16. The van der Waals surface area contributed by atoms with Gasteiger partial charge in [-0.2, -0.15) is 0 Å². The van der Waals surface area contributed by atoms with Crippen LogP contribution in [-0.4, -0.2) is 37.0 Å². The molecule has 3 rings (SSSR count). The summed E-state index contributed by atoms with van der Waals surface area (Å²) in [5.74, 6) is -1.74. The molecule has 1 aromatic heterocycles. The number of hydrogen-bond donors (Lipinski definition) is 1. The number of piperidine rings is 1. The molecule has 1 atom stereocenters. The number of carbonyl (C=O) groups is 1. The first-order chi connectivity index (χ1) is 12.1. The number of carbonyl (C=O) groups excluding carboxylic acids is 1. The van der Waals surface area contributed by atoms with Crippen molar-refractivity contribution in [2.75, 3.05) is 25.5 Å². The Morgan fingerprint density at radius 2 is 2.16 bits per heavy atom. The summed E-state index contributed by atoms with van der Waals surface area (Å²) in [5, 5.41) is 3.19. The largest absolute Gasteiger partial charge is 0.380 e. The summed E-state index contributed by atoms with van der Waals surface area (Å²) < 4.78 is 31.4. The van der Waals surface area contributed by atoms with Gasteiger partial charge in [0.15, 0.2) is 11.6 Å². The highest BCUT2D eigenvalue weighted by molar-refractivity contribution is 7.14. The number of benzene rings is 1. The van der Waals surface area contributed by atoms with Gasteiger partial charge in [-0.05, 0) is 37.1 Å². The number of likely N-dealkylation sites (tertiary alicyclic amines) is 1. The van der Waals surface area contributed by atoms with Crippen LogP contribution in [0.25, 0.3) is 0 Å². The number of methoxy groups -OCH3 is 1. The standard InChI is InChI=1S/C18H20F2N2O2S/c1-24-11-14-5-7-17(25-14)18(23)22-8-2-3-13(10-22)21-12-4-6-15(19)16(20)9-12/h4-7,9,13,21H,2-3,8,10-11H2,1H3/t13-/m0/s1. The molecule has 0 unspecified atom stereocenters. The van der Waals surface area contributed by atoms with Gasteiger partial charge in [0.25, 0.3) is 5.91 Å². The maximum absolute atomic E-state index is 13.3. The van der Waals surface area contributed by atoms with Crippen molar-refractivity contribution in [2.45, 2.75) is 25.5 Å². The van der Waals surface area contributed by atoms with Crippen LogP contribution in [0.2, 0.25) is 0 Å². The molecule has 2 aromatic rings. The van der Waals surface area contributed by atoms with Crippen LogP contribution in [0.15, 0.2) is 30.3 Å². The van der Waals surface area contributed by atoms with Gasteiger partial charge in [0.05, 0.1) is 11.5 Å². The maximum Gasteiger partial charge on any atom is 0.263 e. The highest BCUT2D eigenvalue weighted by atomic mass is 32.1. The minimum atomic E-state index is -0.877. The van der Waals surface area contributed by atoms with Gasteiger partial charge in [0.2, 0.25) is 0 Å². The highest BCUT2D eigenvalue weighted by Gasteiger charge is 2.25. The van der Waals surface area contributed by atoms with E-state index in [1.54, 1.807) is 7.11 Å². The summed E-state index contributed by atoms with van der Waals surface area (Å²) in [6.45, 7) is 1.74. The number of ether oxygens (including phenoxy) is 1. The lowest BCUT2D eigenvalue weighted by Crippen LogP contribution is -2.44. The summed E-state index contributed by atoms with van der Waals surface area (Å²) in [7, 11) is 1.63. The number of hydrogen-bond acceptors (Lipinski definition) is 4. The second-order valence-corrected chi connectivity index (χ2v) is 7.23. The van der Waals surface area contributed by atoms with Gasteiger partial charge >= 0.3 is 0 Å². The lowest BCUT2D eigenvalue weighted by Gasteiger charge is -2.33. The summed E-state index contributed by atoms with van der Waals surface area (Å²) in [4.78, 5) is 16.2. The Morgan fingerprint density at radius 1 is 1.32 bits per heavy atom. The highest BCUT2D eigenvalue weighted by Crippen LogP contribution is 2.23. The molecule has 1 aliphatic rings. The monoisotopic (exact) mass is 366 g/mol. The number of nitrogens with zero attached hydrogens (tertiary/aromatic N) is 1. The fraction of sp³-hybridized carbons (Fsp3) is 0.389. The van der Waals surface area contributed by atoms with Crippen molar-refractivity contribution < 1.29 is 18.3 Å². The molecule has 1 N–H and O–H groups in total. The molecule has 2 heterocycles. The van der Waals surface area contributed by atoms with Crippen LogP contribution in [0.3, 0.4) is 0 Å². The van der Waals surface area contributed by atoms with Crippen LogP contribution in [0.5, 0.6) is 0 Å². The quantitative estimate of drug-likeness (QED) is 0.873. The van der Waals surface area contributed by atoms with E-state index in [4.69, 9.17) is 4.74 Å². The van der Waals surface area contributed by atoms with Crippen LogP contribution in [0, 0.1) is 11.6 Å². The Morgan fingerprint density at radius 3 is 2.92 bits per heavy atom. The van der Waals surface area contributed by atoms with E-state index in [0.717, 1.165) is 29.9 Å². The van der Waals surface area contributed by atoms with Crippen LogP contribution < -0.4 is 5.32 Å². The van der Waals surface area contributed by atoms with Crippen molar-refractivity contribution in [2.24, 2.45) is 0 Å². The molecule has 0 spiro atoms. The van der Waals surface area contributed by atoms with Crippen LogP contribution in [-0.2, 0) is 11.3 Å². The molecule has 4 nitrogen and oxygen atoms in total. The van der Waals surface area contributed by atoms with Gasteiger partial charge in [-0.3, -0.25) is 4.79 Å². The van der Waals surface area contributed by atoms with Crippen molar-refractivity contribution in [1.82, 2.24) is 4.90 Å². The van der Waals surface area contributed by atoms with Gasteiger partial charge in [-0.25, -0.2) is 8.78 Å². The van der Waals surface area contributed by atoms with Crippen molar-refractivity contribution in [3.8, 4) is 0 Å². The fourth-order valence-corrected chi connectivity index (χ4v) is 3.92. The van der Waals surface area contributed by atoms with Gasteiger partial charge < -0.3 is 15.0 Å². The van der Waals surface area contributed by atoms with E-state index in [0.29, 0.717) is 30.3 Å². The van der Waals surface area contributed by atoms with E-state index in [-0.39, 0.29) is 11.9 Å².